The topological polar surface area (TPSA) is 40.5 Å². The predicted octanol–water partition coefficient (Wildman–Crippen LogP) is 2.82. The van der Waals surface area contributed by atoms with Gasteiger partial charge in [0.2, 0.25) is 0 Å². The highest BCUT2D eigenvalue weighted by Gasteiger charge is 2.00. The van der Waals surface area contributed by atoms with Gasteiger partial charge in [-0.05, 0) is 35.4 Å². The molecule has 0 bridgehead atoms. The molecule has 88 valence electrons. The van der Waals surface area contributed by atoms with Crippen LogP contribution in [0.3, 0.4) is 0 Å². The van der Waals surface area contributed by atoms with E-state index in [9.17, 15) is 0 Å². The molecule has 2 N–H and O–H groups in total. The number of hydrogen-bond acceptors (Lipinski definition) is 3. The second-order valence-corrected chi connectivity index (χ2v) is 4.86. The number of rotatable bonds is 4. The monoisotopic (exact) mass is 246 g/mol. The molecule has 2 rings (SSSR count). The molecule has 0 aliphatic heterocycles. The van der Waals surface area contributed by atoms with Gasteiger partial charge < -0.3 is 10.2 Å². The largest absolute Gasteiger partial charge is 0.392 e. The highest BCUT2D eigenvalue weighted by atomic mass is 32.2. The highest BCUT2D eigenvalue weighted by Crippen LogP contribution is 2.28. The summed E-state index contributed by atoms with van der Waals surface area (Å²) in [4.78, 5) is 2.18. The summed E-state index contributed by atoms with van der Waals surface area (Å²) in [5.74, 6) is 0. The van der Waals surface area contributed by atoms with Crippen LogP contribution in [0.15, 0.2) is 58.3 Å². The van der Waals surface area contributed by atoms with Crippen LogP contribution in [0.2, 0.25) is 0 Å². The minimum absolute atomic E-state index is 0.0606. The first-order valence-corrected chi connectivity index (χ1v) is 6.21. The number of hydrogen-bond donors (Lipinski definition) is 2. The van der Waals surface area contributed by atoms with Crippen molar-refractivity contribution < 1.29 is 10.2 Å². The molecule has 0 fully saturated rings. The fraction of sp³-hybridized carbons (Fsp3) is 0.143. The van der Waals surface area contributed by atoms with Gasteiger partial charge in [0.1, 0.15) is 0 Å². The van der Waals surface area contributed by atoms with Gasteiger partial charge in [0, 0.05) is 9.79 Å². The molecule has 0 heterocycles. The molecule has 2 aromatic rings. The molecule has 0 radical (unpaired) electrons. The Bertz CT molecular complexity index is 452. The molecule has 2 nitrogen and oxygen atoms in total. The Hall–Kier alpha value is -1.29. The van der Waals surface area contributed by atoms with Crippen LogP contribution in [0, 0.1) is 0 Å². The zero-order valence-corrected chi connectivity index (χ0v) is 10.2. The van der Waals surface area contributed by atoms with Crippen LogP contribution >= 0.6 is 11.8 Å². The number of aliphatic hydroxyl groups excluding tert-OH is 2. The van der Waals surface area contributed by atoms with Crippen LogP contribution < -0.4 is 0 Å². The maximum absolute atomic E-state index is 9.07. The second-order valence-electron chi connectivity index (χ2n) is 3.71. The Kier molecular flexibility index (Phi) is 4.20. The maximum atomic E-state index is 9.07. The average molecular weight is 246 g/mol. The van der Waals surface area contributed by atoms with Crippen LogP contribution in [0.1, 0.15) is 11.1 Å². The third-order valence-electron chi connectivity index (χ3n) is 2.40. The van der Waals surface area contributed by atoms with Gasteiger partial charge in [0.05, 0.1) is 13.2 Å². The van der Waals surface area contributed by atoms with Crippen LogP contribution in [-0.4, -0.2) is 10.2 Å². The molecule has 0 saturated heterocycles. The quantitative estimate of drug-likeness (QED) is 0.871. The summed E-state index contributed by atoms with van der Waals surface area (Å²) in [6.07, 6.45) is 0. The summed E-state index contributed by atoms with van der Waals surface area (Å²) in [6.45, 7) is 0.121. The fourth-order valence-corrected chi connectivity index (χ4v) is 2.54. The van der Waals surface area contributed by atoms with Crippen LogP contribution in [0.5, 0.6) is 0 Å². The van der Waals surface area contributed by atoms with Crippen LogP contribution in [-0.2, 0) is 13.2 Å². The van der Waals surface area contributed by atoms with Gasteiger partial charge >= 0.3 is 0 Å². The van der Waals surface area contributed by atoms with Crippen LogP contribution in [0.4, 0.5) is 0 Å². The number of aliphatic hydroxyl groups is 2. The van der Waals surface area contributed by atoms with Crippen LogP contribution in [0.25, 0.3) is 0 Å². The number of benzene rings is 2. The Labute approximate surface area is 105 Å². The zero-order chi connectivity index (χ0) is 12.1. The standard InChI is InChI=1S/C14H14O2S/c15-9-11-3-1-5-13(7-11)17-14-6-2-4-12(8-14)10-16/h1-8,15-16H,9-10H2. The molecule has 2 aromatic carbocycles. The average Bonchev–Trinajstić information content (AvgIpc) is 2.39. The zero-order valence-electron chi connectivity index (χ0n) is 9.34. The first-order chi connectivity index (χ1) is 8.31. The van der Waals surface area contributed by atoms with Gasteiger partial charge in [-0.25, -0.2) is 0 Å². The van der Waals surface area contributed by atoms with Gasteiger partial charge in [0.15, 0.2) is 0 Å². The van der Waals surface area contributed by atoms with E-state index in [-0.39, 0.29) is 13.2 Å². The Morgan fingerprint density at radius 3 is 1.65 bits per heavy atom. The SMILES string of the molecule is OCc1cccc(Sc2cccc(CO)c2)c1. The third-order valence-corrected chi connectivity index (χ3v) is 3.38. The van der Waals surface area contributed by atoms with Crippen molar-refractivity contribution >= 4 is 11.8 Å². The molecule has 0 saturated carbocycles. The summed E-state index contributed by atoms with van der Waals surface area (Å²) >= 11 is 1.62. The molecule has 0 atom stereocenters. The molecule has 17 heavy (non-hydrogen) atoms. The fourth-order valence-electron chi connectivity index (χ4n) is 1.55. The summed E-state index contributed by atoms with van der Waals surface area (Å²) in [7, 11) is 0. The Morgan fingerprint density at radius 1 is 0.765 bits per heavy atom. The molecular weight excluding hydrogens is 232 g/mol. The van der Waals surface area contributed by atoms with Crippen molar-refractivity contribution in [2.45, 2.75) is 23.0 Å². The molecule has 3 heteroatoms. The van der Waals surface area contributed by atoms with Crippen molar-refractivity contribution in [3.63, 3.8) is 0 Å². The molecule has 0 unspecified atom stereocenters. The molecule has 0 amide bonds. The lowest BCUT2D eigenvalue weighted by molar-refractivity contribution is 0.281. The minimum Gasteiger partial charge on any atom is -0.392 e. The van der Waals surface area contributed by atoms with E-state index in [2.05, 4.69) is 0 Å². The third kappa shape index (κ3) is 3.33. The summed E-state index contributed by atoms with van der Waals surface area (Å²) in [6, 6.07) is 15.6. The lowest BCUT2D eigenvalue weighted by Gasteiger charge is -2.05. The first kappa shape index (κ1) is 12.2. The summed E-state index contributed by atoms with van der Waals surface area (Å²) in [5.41, 5.74) is 1.82. The van der Waals surface area contributed by atoms with E-state index in [1.165, 1.54) is 0 Å². The Morgan fingerprint density at radius 2 is 1.24 bits per heavy atom. The Balaban J connectivity index is 2.18. The minimum atomic E-state index is 0.0606. The predicted molar refractivity (Wildman–Crippen MR) is 68.9 cm³/mol. The second kappa shape index (κ2) is 5.87. The smallest absolute Gasteiger partial charge is 0.0682 e. The normalized spacial score (nSPS) is 10.5. The van der Waals surface area contributed by atoms with E-state index in [4.69, 9.17) is 10.2 Å². The van der Waals surface area contributed by atoms with Crippen molar-refractivity contribution in [1.82, 2.24) is 0 Å². The summed E-state index contributed by atoms with van der Waals surface area (Å²) in [5, 5.41) is 18.1. The van der Waals surface area contributed by atoms with E-state index < -0.39 is 0 Å². The maximum Gasteiger partial charge on any atom is 0.0682 e. The van der Waals surface area contributed by atoms with Gasteiger partial charge in [-0.3, -0.25) is 0 Å². The molecular formula is C14H14O2S. The van der Waals surface area contributed by atoms with Crippen molar-refractivity contribution in [2.24, 2.45) is 0 Å². The van der Waals surface area contributed by atoms with Gasteiger partial charge in [0.25, 0.3) is 0 Å². The molecule has 0 aromatic heterocycles. The van der Waals surface area contributed by atoms with Crippen molar-refractivity contribution in [2.75, 3.05) is 0 Å². The van der Waals surface area contributed by atoms with Crippen molar-refractivity contribution in [3.8, 4) is 0 Å². The van der Waals surface area contributed by atoms with Gasteiger partial charge in [-0.1, -0.05) is 36.0 Å². The van der Waals surface area contributed by atoms with E-state index in [1.54, 1.807) is 11.8 Å². The van der Waals surface area contributed by atoms with Crippen molar-refractivity contribution in [1.29, 1.82) is 0 Å². The highest BCUT2D eigenvalue weighted by molar-refractivity contribution is 7.99. The van der Waals surface area contributed by atoms with E-state index in [1.807, 2.05) is 48.5 Å². The van der Waals surface area contributed by atoms with Crippen molar-refractivity contribution in [3.05, 3.63) is 59.7 Å². The lowest BCUT2D eigenvalue weighted by atomic mass is 10.2. The lowest BCUT2D eigenvalue weighted by Crippen LogP contribution is -1.84. The van der Waals surface area contributed by atoms with Gasteiger partial charge in [-0.15, -0.1) is 0 Å². The summed E-state index contributed by atoms with van der Waals surface area (Å²) < 4.78 is 0. The molecule has 0 spiro atoms. The van der Waals surface area contributed by atoms with E-state index in [0.29, 0.717) is 0 Å². The van der Waals surface area contributed by atoms with E-state index >= 15 is 0 Å². The first-order valence-electron chi connectivity index (χ1n) is 5.39. The molecule has 0 aliphatic rings. The van der Waals surface area contributed by atoms with Gasteiger partial charge in [-0.2, -0.15) is 0 Å². The van der Waals surface area contributed by atoms with E-state index in [0.717, 1.165) is 20.9 Å². The molecule has 0 aliphatic carbocycles.